The second-order valence-electron chi connectivity index (χ2n) is 4.58. The molecule has 1 heterocycles. The number of nitrogens with zero attached hydrogens (tertiary/aromatic N) is 1. The van der Waals surface area contributed by atoms with Crippen LogP contribution in [0.4, 0.5) is 0 Å². The lowest BCUT2D eigenvalue weighted by Gasteiger charge is -2.23. The summed E-state index contributed by atoms with van der Waals surface area (Å²) in [6.07, 6.45) is 2.28. The summed E-state index contributed by atoms with van der Waals surface area (Å²) in [5.41, 5.74) is -0.418. The molecule has 1 unspecified atom stereocenters. The highest BCUT2D eigenvalue weighted by atomic mass is 79.9. The van der Waals surface area contributed by atoms with Crippen molar-refractivity contribution < 1.29 is 14.6 Å². The van der Waals surface area contributed by atoms with E-state index in [0.29, 0.717) is 18.7 Å². The van der Waals surface area contributed by atoms with Gasteiger partial charge < -0.3 is 19.7 Å². The smallest absolute Gasteiger partial charge is 0.268 e. The van der Waals surface area contributed by atoms with Gasteiger partial charge in [-0.1, -0.05) is 0 Å². The first-order valence-electron chi connectivity index (χ1n) is 5.67. The van der Waals surface area contributed by atoms with Crippen LogP contribution in [0, 0.1) is 0 Å². The van der Waals surface area contributed by atoms with Gasteiger partial charge in [0.1, 0.15) is 5.69 Å². The molecule has 0 spiro atoms. The molecule has 0 aliphatic rings. The predicted molar refractivity (Wildman–Crippen MR) is 72.6 cm³/mol. The number of hydrogen-bond donors (Lipinski definition) is 2. The van der Waals surface area contributed by atoms with Crippen LogP contribution < -0.4 is 5.32 Å². The Balaban J connectivity index is 2.53. The van der Waals surface area contributed by atoms with Crippen LogP contribution in [-0.4, -0.2) is 41.4 Å². The van der Waals surface area contributed by atoms with Crippen LogP contribution in [0.3, 0.4) is 0 Å². The maximum Gasteiger partial charge on any atom is 0.268 e. The van der Waals surface area contributed by atoms with Crippen molar-refractivity contribution in [3.8, 4) is 0 Å². The standard InChI is InChI=1S/C12H19BrN2O3/c1-12(17,4-5-18-3)8-14-11(16)10-6-9(13)7-15(10)2/h6-7,17H,4-5,8H2,1-3H3,(H,14,16). The number of methoxy groups -OCH3 is 1. The molecule has 0 aliphatic carbocycles. The van der Waals surface area contributed by atoms with Crippen molar-refractivity contribution in [3.05, 3.63) is 22.4 Å². The van der Waals surface area contributed by atoms with Gasteiger partial charge in [-0.25, -0.2) is 0 Å². The van der Waals surface area contributed by atoms with Crippen molar-refractivity contribution in [2.24, 2.45) is 7.05 Å². The van der Waals surface area contributed by atoms with E-state index in [1.54, 1.807) is 37.9 Å². The molecule has 1 amide bonds. The monoisotopic (exact) mass is 318 g/mol. The van der Waals surface area contributed by atoms with Crippen molar-refractivity contribution >= 4 is 21.8 Å². The molecule has 2 N–H and O–H groups in total. The predicted octanol–water partition coefficient (Wildman–Crippen LogP) is 1.30. The maximum atomic E-state index is 11.9. The molecule has 102 valence electrons. The zero-order valence-corrected chi connectivity index (χ0v) is 12.5. The summed E-state index contributed by atoms with van der Waals surface area (Å²) in [5.74, 6) is -0.208. The molecule has 0 fully saturated rings. The minimum Gasteiger partial charge on any atom is -0.388 e. The van der Waals surface area contributed by atoms with E-state index in [1.807, 2.05) is 0 Å². The number of nitrogens with one attached hydrogen (secondary N) is 1. The first-order chi connectivity index (χ1) is 8.35. The zero-order valence-electron chi connectivity index (χ0n) is 10.9. The molecular weight excluding hydrogens is 300 g/mol. The van der Waals surface area contributed by atoms with Crippen molar-refractivity contribution in [1.82, 2.24) is 9.88 Å². The highest BCUT2D eigenvalue weighted by Gasteiger charge is 2.22. The average Bonchev–Trinajstić information content (AvgIpc) is 2.63. The van der Waals surface area contributed by atoms with Crippen LogP contribution in [0.5, 0.6) is 0 Å². The van der Waals surface area contributed by atoms with Crippen LogP contribution in [0.2, 0.25) is 0 Å². The van der Waals surface area contributed by atoms with E-state index < -0.39 is 5.60 Å². The fourth-order valence-electron chi connectivity index (χ4n) is 1.52. The second-order valence-corrected chi connectivity index (χ2v) is 5.49. The van der Waals surface area contributed by atoms with Gasteiger partial charge in [0.05, 0.1) is 5.60 Å². The Labute approximate surface area is 115 Å². The van der Waals surface area contributed by atoms with E-state index in [-0.39, 0.29) is 12.5 Å². The molecule has 0 radical (unpaired) electrons. The lowest BCUT2D eigenvalue weighted by atomic mass is 10.0. The van der Waals surface area contributed by atoms with Crippen molar-refractivity contribution in [2.45, 2.75) is 18.9 Å². The molecular formula is C12H19BrN2O3. The van der Waals surface area contributed by atoms with Gasteiger partial charge in [-0.05, 0) is 28.9 Å². The van der Waals surface area contributed by atoms with E-state index in [1.165, 1.54) is 0 Å². The lowest BCUT2D eigenvalue weighted by molar-refractivity contribution is 0.0242. The van der Waals surface area contributed by atoms with Gasteiger partial charge in [-0.2, -0.15) is 0 Å². The van der Waals surface area contributed by atoms with E-state index in [2.05, 4.69) is 21.2 Å². The van der Waals surface area contributed by atoms with E-state index in [9.17, 15) is 9.90 Å². The van der Waals surface area contributed by atoms with Crippen LogP contribution in [0.25, 0.3) is 0 Å². The summed E-state index contributed by atoms with van der Waals surface area (Å²) in [4.78, 5) is 11.9. The quantitative estimate of drug-likeness (QED) is 0.831. The zero-order chi connectivity index (χ0) is 13.8. The molecule has 0 bridgehead atoms. The first-order valence-corrected chi connectivity index (χ1v) is 6.46. The van der Waals surface area contributed by atoms with Gasteiger partial charge in [-0.3, -0.25) is 4.79 Å². The van der Waals surface area contributed by atoms with Crippen LogP contribution in [-0.2, 0) is 11.8 Å². The lowest BCUT2D eigenvalue weighted by Crippen LogP contribution is -2.41. The molecule has 0 aliphatic heterocycles. The number of ether oxygens (including phenoxy) is 1. The number of rotatable bonds is 6. The number of aromatic nitrogens is 1. The number of carbonyl (C=O) groups is 1. The number of aryl methyl sites for hydroxylation is 1. The van der Waals surface area contributed by atoms with Crippen LogP contribution in [0.1, 0.15) is 23.8 Å². The number of amides is 1. The number of halogens is 1. The third-order valence-electron chi connectivity index (χ3n) is 2.68. The Kier molecular flexibility index (Phi) is 5.37. The van der Waals surface area contributed by atoms with Gasteiger partial charge in [0.15, 0.2) is 0 Å². The number of aliphatic hydroxyl groups is 1. The minimum atomic E-state index is -0.964. The summed E-state index contributed by atoms with van der Waals surface area (Å²) in [6.45, 7) is 2.32. The summed E-state index contributed by atoms with van der Waals surface area (Å²) < 4.78 is 7.48. The number of carbonyl (C=O) groups excluding carboxylic acids is 1. The normalized spacial score (nSPS) is 14.3. The third kappa shape index (κ3) is 4.44. The van der Waals surface area contributed by atoms with Gasteiger partial charge in [0, 0.05) is 44.4 Å². The van der Waals surface area contributed by atoms with E-state index in [4.69, 9.17) is 4.74 Å². The first kappa shape index (κ1) is 15.2. The number of hydrogen-bond acceptors (Lipinski definition) is 3. The molecule has 5 nitrogen and oxygen atoms in total. The second kappa shape index (κ2) is 6.36. The summed E-state index contributed by atoms with van der Waals surface area (Å²) >= 11 is 3.31. The van der Waals surface area contributed by atoms with Crippen molar-refractivity contribution in [3.63, 3.8) is 0 Å². The van der Waals surface area contributed by atoms with Gasteiger partial charge in [0.2, 0.25) is 0 Å². The topological polar surface area (TPSA) is 63.5 Å². The molecule has 18 heavy (non-hydrogen) atoms. The summed E-state index contributed by atoms with van der Waals surface area (Å²) in [6, 6.07) is 1.74. The van der Waals surface area contributed by atoms with E-state index >= 15 is 0 Å². The van der Waals surface area contributed by atoms with Crippen LogP contribution >= 0.6 is 15.9 Å². The Morgan fingerprint density at radius 3 is 2.83 bits per heavy atom. The highest BCUT2D eigenvalue weighted by Crippen LogP contribution is 2.14. The fourth-order valence-corrected chi connectivity index (χ4v) is 2.05. The van der Waals surface area contributed by atoms with Gasteiger partial charge in [-0.15, -0.1) is 0 Å². The third-order valence-corrected chi connectivity index (χ3v) is 3.11. The Morgan fingerprint density at radius 2 is 2.33 bits per heavy atom. The summed E-state index contributed by atoms with van der Waals surface area (Å²) in [7, 11) is 3.37. The molecule has 0 aromatic carbocycles. The van der Waals surface area contributed by atoms with Crippen molar-refractivity contribution in [2.75, 3.05) is 20.3 Å². The Bertz CT molecular complexity index is 415. The Morgan fingerprint density at radius 1 is 1.67 bits per heavy atom. The van der Waals surface area contributed by atoms with Crippen molar-refractivity contribution in [1.29, 1.82) is 0 Å². The van der Waals surface area contributed by atoms with Crippen LogP contribution in [0.15, 0.2) is 16.7 Å². The average molecular weight is 319 g/mol. The molecule has 6 heteroatoms. The minimum absolute atomic E-state index is 0.192. The highest BCUT2D eigenvalue weighted by molar-refractivity contribution is 9.10. The van der Waals surface area contributed by atoms with Gasteiger partial charge >= 0.3 is 0 Å². The molecule has 1 atom stereocenters. The molecule has 1 rings (SSSR count). The SMILES string of the molecule is COCCC(C)(O)CNC(=O)c1cc(Br)cn1C. The van der Waals surface area contributed by atoms with E-state index in [0.717, 1.165) is 4.47 Å². The molecule has 1 aromatic heterocycles. The molecule has 1 aromatic rings. The molecule has 0 saturated carbocycles. The maximum absolute atomic E-state index is 11.9. The summed E-state index contributed by atoms with van der Waals surface area (Å²) in [5, 5.41) is 12.7. The van der Waals surface area contributed by atoms with Gasteiger partial charge in [0.25, 0.3) is 5.91 Å². The molecule has 0 saturated heterocycles. The Hall–Kier alpha value is -0.850. The largest absolute Gasteiger partial charge is 0.388 e. The fraction of sp³-hybridized carbons (Fsp3) is 0.583.